The van der Waals surface area contributed by atoms with Crippen LogP contribution in [-0.4, -0.2) is 149 Å². The second-order valence-electron chi connectivity index (χ2n) is 18.6. The lowest BCUT2D eigenvalue weighted by atomic mass is 10.1. The van der Waals surface area contributed by atoms with E-state index in [0.29, 0.717) is 5.69 Å². The van der Waals surface area contributed by atoms with E-state index in [9.17, 15) is 43.2 Å². The van der Waals surface area contributed by atoms with Gasteiger partial charge < -0.3 is 101 Å². The van der Waals surface area contributed by atoms with Crippen LogP contribution in [0.15, 0.2) is 87.8 Å². The van der Waals surface area contributed by atoms with Gasteiger partial charge in [-0.15, -0.1) is 0 Å². The number of methoxy groups -OCH3 is 4. The molecule has 0 aliphatic carbocycles. The van der Waals surface area contributed by atoms with Gasteiger partial charge in [-0.3, -0.25) is 58.1 Å². The van der Waals surface area contributed by atoms with E-state index in [1.165, 1.54) is 108 Å². The second-order valence-corrected chi connectivity index (χ2v) is 18.6. The van der Waals surface area contributed by atoms with E-state index in [0.717, 1.165) is 0 Å². The molecule has 0 saturated carbocycles. The molecule has 0 aliphatic rings. The Morgan fingerprint density at radius 3 is 0.977 bits per heavy atom. The third kappa shape index (κ3) is 21.8. The first-order valence-electron chi connectivity index (χ1n) is 26.5. The number of hydrogen-bond donors (Lipinski definition) is 15. The number of nitrogens with one attached hydrogen (secondary N) is 8. The molecule has 0 heterocycles. The number of guanidine groups is 3. The predicted molar refractivity (Wildman–Crippen MR) is 320 cm³/mol. The predicted octanol–water partition coefficient (Wildman–Crippen LogP) is 0.256. The number of aliphatic carboxylic acids is 1. The van der Waals surface area contributed by atoms with Crippen molar-refractivity contribution in [2.45, 2.75) is 70.0 Å². The van der Waals surface area contributed by atoms with E-state index in [1.807, 2.05) is 0 Å². The average Bonchev–Trinajstić information content (AvgIpc) is 2.63. The zero-order chi connectivity index (χ0) is 63.5. The average molecular weight is 1200 g/mol. The number of carbonyl (C=O) groups is 9. The number of nitrogens with two attached hydrogens (primary N) is 6. The molecule has 3 atom stereocenters. The van der Waals surface area contributed by atoms with Gasteiger partial charge in [-0.2, -0.15) is 0 Å². The number of carboxylic acids is 1. The van der Waals surface area contributed by atoms with E-state index in [1.54, 1.807) is 0 Å². The topological polar surface area (TPSA) is 500 Å². The molecule has 0 radical (unpaired) electrons. The molecule has 0 aliphatic heterocycles. The molecule has 462 valence electrons. The Morgan fingerprint density at radius 2 is 0.721 bits per heavy atom. The standard InChI is InChI=1S/C55H73N17O14/c1-29(73)66-30-12-16-42(84-3)35(25-30)47(77)70-39(10-7-22-64-54(58)59)51(81)68-32-14-18-44(86-5)37(27-32)49(79)72-40(11-8-23-65-55(60)61)52(82)69-33-15-19-43(85-4)36(28-33)48(78)71-38(9-6-21-63-53(56)57)50(80)67-31-13-17-41(83-2)34(26-31)46(76)62-24-20-45(74)75/h12-19,25-28,38-40H,6-11,20-24H2,1-5H3,(H,62,76)(H,66,73)(H,67,80)(H,68,81)(H,69,82)(H,70,77)(H,71,78)(H,72,79)(H,74,75)(H4,56,57,63)(H4,58,59,64)(H4,60,61,65)/t38-,39-,40-/m1/s1. The molecule has 4 rings (SSSR count). The van der Waals surface area contributed by atoms with Gasteiger partial charge >= 0.3 is 5.97 Å². The first-order valence-corrected chi connectivity index (χ1v) is 26.5. The number of carbonyl (C=O) groups excluding carboxylic acids is 8. The maximum Gasteiger partial charge on any atom is 0.305 e. The van der Waals surface area contributed by atoms with Crippen LogP contribution in [0.4, 0.5) is 22.7 Å². The fourth-order valence-corrected chi connectivity index (χ4v) is 8.15. The summed E-state index contributed by atoms with van der Waals surface area (Å²) in [5, 5.41) is 30.3. The molecular weight excluding hydrogens is 1120 g/mol. The lowest BCUT2D eigenvalue weighted by Gasteiger charge is -2.21. The summed E-state index contributed by atoms with van der Waals surface area (Å²) in [6.07, 6.45) is 0.227. The maximum absolute atomic E-state index is 14.3. The van der Waals surface area contributed by atoms with Gasteiger partial charge in [0.1, 0.15) is 41.1 Å². The lowest BCUT2D eigenvalue weighted by Crippen LogP contribution is -2.44. The molecule has 21 N–H and O–H groups in total. The zero-order valence-corrected chi connectivity index (χ0v) is 48.0. The van der Waals surface area contributed by atoms with E-state index in [4.69, 9.17) is 58.5 Å². The molecule has 86 heavy (non-hydrogen) atoms. The van der Waals surface area contributed by atoms with Crippen LogP contribution in [0.2, 0.25) is 0 Å². The molecule has 0 fully saturated rings. The summed E-state index contributed by atoms with van der Waals surface area (Å²) in [6.45, 7) is 1.36. The van der Waals surface area contributed by atoms with Gasteiger partial charge in [0, 0.05) is 55.9 Å². The van der Waals surface area contributed by atoms with Gasteiger partial charge in [0.25, 0.3) is 23.6 Å². The second kappa shape index (κ2) is 33.9. The van der Waals surface area contributed by atoms with Crippen LogP contribution >= 0.6 is 0 Å². The van der Waals surface area contributed by atoms with Crippen molar-refractivity contribution in [2.24, 2.45) is 49.4 Å². The molecule has 8 amide bonds. The van der Waals surface area contributed by atoms with Gasteiger partial charge in [-0.05, 0) is 111 Å². The number of amides is 8. The molecule has 31 heteroatoms. The molecule has 0 aromatic heterocycles. The highest BCUT2D eigenvalue weighted by atomic mass is 16.5. The van der Waals surface area contributed by atoms with E-state index >= 15 is 0 Å². The van der Waals surface area contributed by atoms with E-state index in [2.05, 4.69) is 57.5 Å². The van der Waals surface area contributed by atoms with E-state index < -0.39 is 65.4 Å². The van der Waals surface area contributed by atoms with Crippen molar-refractivity contribution in [1.29, 1.82) is 0 Å². The first-order chi connectivity index (χ1) is 41.0. The van der Waals surface area contributed by atoms with Crippen molar-refractivity contribution in [3.8, 4) is 23.0 Å². The molecule has 4 aromatic rings. The van der Waals surface area contributed by atoms with Crippen LogP contribution < -0.4 is 95.9 Å². The molecule has 0 bridgehead atoms. The van der Waals surface area contributed by atoms with Gasteiger partial charge in [0.15, 0.2) is 17.9 Å². The molecule has 0 saturated heterocycles. The summed E-state index contributed by atoms with van der Waals surface area (Å²) in [5.74, 6) is -7.06. The fourth-order valence-electron chi connectivity index (χ4n) is 8.15. The maximum atomic E-state index is 14.3. The lowest BCUT2D eigenvalue weighted by molar-refractivity contribution is -0.137. The molecule has 31 nitrogen and oxygen atoms in total. The summed E-state index contributed by atoms with van der Waals surface area (Å²) in [5.41, 5.74) is 33.4. The summed E-state index contributed by atoms with van der Waals surface area (Å²) >= 11 is 0. The molecular formula is C55H73N17O14. The van der Waals surface area contributed by atoms with Crippen LogP contribution in [0.5, 0.6) is 23.0 Å². The Kier molecular flexibility index (Phi) is 26.7. The quantitative estimate of drug-likeness (QED) is 0.0173. The molecule has 0 spiro atoms. The number of hydrogen-bond acceptors (Lipinski definition) is 16. The third-order valence-electron chi connectivity index (χ3n) is 12.2. The zero-order valence-electron chi connectivity index (χ0n) is 48.0. The Bertz CT molecular complexity index is 3200. The normalized spacial score (nSPS) is 11.5. The summed E-state index contributed by atoms with van der Waals surface area (Å²) in [6, 6.07) is 13.0. The number of rotatable bonds is 33. The highest BCUT2D eigenvalue weighted by Crippen LogP contribution is 2.28. The Morgan fingerprint density at radius 1 is 0.442 bits per heavy atom. The Balaban J connectivity index is 1.62. The summed E-state index contributed by atoms with van der Waals surface area (Å²) in [4.78, 5) is 132. The molecule has 0 unspecified atom stereocenters. The number of aliphatic imine (C=N–C) groups is 3. The van der Waals surface area contributed by atoms with Crippen LogP contribution in [0.25, 0.3) is 0 Å². The highest BCUT2D eigenvalue weighted by molar-refractivity contribution is 6.07. The van der Waals surface area contributed by atoms with Gasteiger partial charge in [0.05, 0.1) is 57.1 Å². The van der Waals surface area contributed by atoms with Crippen molar-refractivity contribution in [3.63, 3.8) is 0 Å². The van der Waals surface area contributed by atoms with Crippen LogP contribution in [0, 0.1) is 0 Å². The third-order valence-corrected chi connectivity index (χ3v) is 12.2. The SMILES string of the molecule is COc1ccc(NC(=O)[C@@H](CCCN=C(N)N)NC(=O)c2cc(NC(=O)[C@@H](CCCN=C(N)N)NC(=O)c3cc(NC(=O)[C@@H](CCCN=C(N)N)NC(=O)c4cc(NC(C)=O)ccc4OC)ccc3OC)ccc2OC)cc1C(=O)NCCC(=O)O. The first kappa shape index (κ1) is 67.6. The van der Waals surface area contributed by atoms with Gasteiger partial charge in [-0.1, -0.05) is 0 Å². The van der Waals surface area contributed by atoms with Crippen molar-refractivity contribution in [1.82, 2.24) is 21.3 Å². The van der Waals surface area contributed by atoms with Gasteiger partial charge in [-0.25, -0.2) is 0 Å². The van der Waals surface area contributed by atoms with Crippen LogP contribution in [-0.2, 0) is 24.0 Å². The Hall–Kier alpha value is -10.9. The number of carboxylic acid groups (broad SMARTS) is 1. The van der Waals surface area contributed by atoms with Crippen molar-refractivity contribution < 1.29 is 67.2 Å². The summed E-state index contributed by atoms with van der Waals surface area (Å²) in [7, 11) is 5.26. The highest BCUT2D eigenvalue weighted by Gasteiger charge is 2.29. The number of nitrogens with zero attached hydrogens (tertiary/aromatic N) is 3. The van der Waals surface area contributed by atoms with Crippen molar-refractivity contribution in [2.75, 3.05) is 75.9 Å². The Labute approximate surface area is 494 Å². The minimum Gasteiger partial charge on any atom is -0.496 e. The smallest absolute Gasteiger partial charge is 0.305 e. The van der Waals surface area contributed by atoms with Crippen LogP contribution in [0.1, 0.15) is 93.3 Å². The van der Waals surface area contributed by atoms with Gasteiger partial charge in [0.2, 0.25) is 23.6 Å². The number of anilines is 4. The largest absolute Gasteiger partial charge is 0.496 e. The number of benzene rings is 4. The monoisotopic (exact) mass is 1200 g/mol. The van der Waals surface area contributed by atoms with Crippen molar-refractivity contribution in [3.05, 3.63) is 95.1 Å². The number of ether oxygens (including phenoxy) is 4. The fraction of sp³-hybridized carbons (Fsp3) is 0.345. The molecule has 4 aromatic carbocycles. The summed E-state index contributed by atoms with van der Waals surface area (Å²) < 4.78 is 21.7. The van der Waals surface area contributed by atoms with E-state index in [-0.39, 0.29) is 157 Å². The van der Waals surface area contributed by atoms with Crippen LogP contribution in [0.3, 0.4) is 0 Å². The van der Waals surface area contributed by atoms with Crippen molar-refractivity contribution >= 4 is 93.9 Å². The minimum absolute atomic E-state index is 0.00426. The minimum atomic E-state index is -1.32.